The molecule has 0 aliphatic heterocycles. The summed E-state index contributed by atoms with van der Waals surface area (Å²) in [7, 11) is 2.75. The third kappa shape index (κ3) is 7.20. The number of hydrogen-bond acceptors (Lipinski definition) is 6. The molecule has 1 saturated carbocycles. The van der Waals surface area contributed by atoms with Crippen LogP contribution in [0.4, 0.5) is 45.5 Å². The lowest BCUT2D eigenvalue weighted by Gasteiger charge is -2.40. The van der Waals surface area contributed by atoms with Gasteiger partial charge in [0.2, 0.25) is 0 Å². The van der Waals surface area contributed by atoms with E-state index in [0.29, 0.717) is 43.4 Å². The van der Waals surface area contributed by atoms with Crippen molar-refractivity contribution in [2.24, 2.45) is 13.0 Å². The van der Waals surface area contributed by atoms with E-state index >= 15 is 0 Å². The Kier molecular flexibility index (Phi) is 8.70. The van der Waals surface area contributed by atoms with Gasteiger partial charge in [-0.15, -0.1) is 5.10 Å². The van der Waals surface area contributed by atoms with Crippen LogP contribution >= 0.6 is 0 Å². The quantitative estimate of drug-likeness (QED) is 0.264. The number of methoxy groups -OCH3 is 1. The second-order valence-electron chi connectivity index (χ2n) is 10.3. The zero-order valence-corrected chi connectivity index (χ0v) is 22.8. The molecule has 0 spiro atoms. The number of rotatable bonds is 7. The average molecular weight is 621 g/mol. The van der Waals surface area contributed by atoms with Crippen LogP contribution in [0.5, 0.6) is 0 Å². The van der Waals surface area contributed by atoms with Crippen LogP contribution in [0.1, 0.15) is 59.1 Å². The van der Waals surface area contributed by atoms with Gasteiger partial charge in [0.15, 0.2) is 0 Å². The van der Waals surface area contributed by atoms with Crippen molar-refractivity contribution in [1.29, 1.82) is 5.26 Å². The highest BCUT2D eigenvalue weighted by Crippen LogP contribution is 2.45. The Labute approximate surface area is 239 Å². The Bertz CT molecular complexity index is 1450. The molecule has 0 atom stereocenters. The Morgan fingerprint density at radius 1 is 0.907 bits per heavy atom. The summed E-state index contributed by atoms with van der Waals surface area (Å²) in [5, 5.41) is 20.8. The molecule has 1 heterocycles. The number of tetrazole rings is 1. The van der Waals surface area contributed by atoms with E-state index in [-0.39, 0.29) is 23.5 Å². The third-order valence-corrected chi connectivity index (χ3v) is 7.45. The van der Waals surface area contributed by atoms with Gasteiger partial charge >= 0.3 is 18.5 Å². The fraction of sp³-hybridized carbons (Fsp3) is 0.481. The van der Waals surface area contributed by atoms with Crippen molar-refractivity contribution < 1.29 is 44.3 Å². The molecule has 0 saturated heterocycles. The molecule has 7 nitrogen and oxygen atoms in total. The number of benzene rings is 2. The number of hydrogen-bond donors (Lipinski definition) is 0. The minimum atomic E-state index is -5.10. The molecule has 0 N–H and O–H groups in total. The first-order valence-electron chi connectivity index (χ1n) is 12.9. The number of halogens is 9. The van der Waals surface area contributed by atoms with Crippen molar-refractivity contribution in [1.82, 2.24) is 20.2 Å². The molecule has 43 heavy (non-hydrogen) atoms. The summed E-state index contributed by atoms with van der Waals surface area (Å²) >= 11 is 0. The van der Waals surface area contributed by atoms with Gasteiger partial charge < -0.3 is 9.64 Å². The summed E-state index contributed by atoms with van der Waals surface area (Å²) in [4.78, 5) is 2.13. The minimum absolute atomic E-state index is 0.0146. The molecule has 3 aromatic rings. The van der Waals surface area contributed by atoms with Crippen LogP contribution in [-0.2, 0) is 49.0 Å². The molecule has 1 aliphatic rings. The van der Waals surface area contributed by atoms with E-state index in [9.17, 15) is 44.8 Å². The van der Waals surface area contributed by atoms with E-state index in [4.69, 9.17) is 4.74 Å². The van der Waals surface area contributed by atoms with E-state index in [1.165, 1.54) is 20.2 Å². The highest BCUT2D eigenvalue weighted by molar-refractivity contribution is 5.43. The zero-order valence-electron chi connectivity index (χ0n) is 22.8. The van der Waals surface area contributed by atoms with Crippen LogP contribution < -0.4 is 4.90 Å². The second kappa shape index (κ2) is 11.7. The van der Waals surface area contributed by atoms with E-state index in [2.05, 4.69) is 21.5 Å². The number of aryl methyl sites for hydroxylation is 1. The molecule has 16 heteroatoms. The van der Waals surface area contributed by atoms with Crippen molar-refractivity contribution in [2.45, 2.75) is 62.9 Å². The highest BCUT2D eigenvalue weighted by Gasteiger charge is 2.41. The molecular formula is C27H25F9N6O. The SMILES string of the molecule is COC1(c2ccc(C(F)(F)F)cc2CN(Cc2cc(C(F)(F)F)cc(C(F)(F)F)c2)c2nnn(C)n2)CCC(C#N)CC1. The second-order valence-corrected chi connectivity index (χ2v) is 10.3. The summed E-state index contributed by atoms with van der Waals surface area (Å²) in [6, 6.07) is 6.22. The van der Waals surface area contributed by atoms with Gasteiger partial charge in [-0.25, -0.2) is 0 Å². The smallest absolute Gasteiger partial charge is 0.374 e. The number of aromatic nitrogens is 4. The van der Waals surface area contributed by atoms with Gasteiger partial charge in [0.1, 0.15) is 0 Å². The van der Waals surface area contributed by atoms with E-state index in [0.717, 1.165) is 21.8 Å². The molecule has 0 bridgehead atoms. The number of nitriles is 1. The summed E-state index contributed by atoms with van der Waals surface area (Å²) in [6.07, 6.45) is -13.6. The van der Waals surface area contributed by atoms with Gasteiger partial charge in [0.25, 0.3) is 5.95 Å². The Morgan fingerprint density at radius 3 is 1.95 bits per heavy atom. The highest BCUT2D eigenvalue weighted by atomic mass is 19.4. The van der Waals surface area contributed by atoms with Crippen LogP contribution in [0.15, 0.2) is 36.4 Å². The summed E-state index contributed by atoms with van der Waals surface area (Å²) in [6.45, 7) is -1.08. The van der Waals surface area contributed by atoms with E-state index in [1.807, 2.05) is 0 Å². The normalized spacial score (nSPS) is 19.7. The first-order valence-corrected chi connectivity index (χ1v) is 12.9. The van der Waals surface area contributed by atoms with Crippen molar-refractivity contribution >= 4 is 5.95 Å². The molecule has 0 unspecified atom stereocenters. The minimum Gasteiger partial charge on any atom is -0.374 e. The molecule has 0 radical (unpaired) electrons. The molecule has 1 aliphatic carbocycles. The standard InChI is InChI=1S/C27H25F9N6O/c1-41-39-23(38-40-41)42(14-17-9-20(26(31,32)33)12-21(10-17)27(34,35)36)15-18-11-19(25(28,29)30)3-4-22(18)24(43-2)7-5-16(13-37)6-8-24/h3-4,9-12,16H,5-8,14-15H2,1-2H3. The Balaban J connectivity index is 1.84. The van der Waals surface area contributed by atoms with Crippen LogP contribution in [0.3, 0.4) is 0 Å². The molecule has 1 fully saturated rings. The van der Waals surface area contributed by atoms with Crippen molar-refractivity contribution in [3.8, 4) is 6.07 Å². The summed E-state index contributed by atoms with van der Waals surface area (Å²) < 4.78 is 128. The maximum atomic E-state index is 13.8. The molecule has 4 rings (SSSR count). The van der Waals surface area contributed by atoms with Crippen LogP contribution in [0.25, 0.3) is 0 Å². The number of nitrogens with zero attached hydrogens (tertiary/aromatic N) is 6. The number of alkyl halides is 9. The Hall–Kier alpha value is -3.87. The average Bonchev–Trinajstić information content (AvgIpc) is 3.37. The van der Waals surface area contributed by atoms with E-state index in [1.54, 1.807) is 0 Å². The van der Waals surface area contributed by atoms with Crippen molar-refractivity contribution in [3.05, 3.63) is 69.8 Å². The lowest BCUT2D eigenvalue weighted by molar-refractivity contribution is -0.143. The summed E-state index contributed by atoms with van der Waals surface area (Å²) in [5.74, 6) is -0.512. The summed E-state index contributed by atoms with van der Waals surface area (Å²) in [5.41, 5.74) is -5.24. The van der Waals surface area contributed by atoms with Gasteiger partial charge in [-0.05, 0) is 77.9 Å². The maximum Gasteiger partial charge on any atom is 0.416 e. The fourth-order valence-corrected chi connectivity index (χ4v) is 5.28. The predicted octanol–water partition coefficient (Wildman–Crippen LogP) is 7.03. The molecule has 232 valence electrons. The topological polar surface area (TPSA) is 79.9 Å². The van der Waals surface area contributed by atoms with Crippen LogP contribution in [-0.4, -0.2) is 27.3 Å². The maximum absolute atomic E-state index is 13.8. The van der Waals surface area contributed by atoms with Gasteiger partial charge in [0.05, 0.1) is 35.4 Å². The predicted molar refractivity (Wildman–Crippen MR) is 133 cm³/mol. The zero-order chi connectivity index (χ0) is 31.8. The molecule has 1 aromatic heterocycles. The monoisotopic (exact) mass is 620 g/mol. The first kappa shape index (κ1) is 32.1. The van der Waals surface area contributed by atoms with Crippen molar-refractivity contribution in [2.75, 3.05) is 12.0 Å². The molecular weight excluding hydrogens is 595 g/mol. The van der Waals surface area contributed by atoms with Gasteiger partial charge in [-0.2, -0.15) is 49.6 Å². The number of ether oxygens (including phenoxy) is 1. The molecule has 2 aromatic carbocycles. The van der Waals surface area contributed by atoms with Crippen LogP contribution in [0.2, 0.25) is 0 Å². The Morgan fingerprint density at radius 2 is 1.49 bits per heavy atom. The fourth-order valence-electron chi connectivity index (χ4n) is 5.28. The largest absolute Gasteiger partial charge is 0.416 e. The van der Waals surface area contributed by atoms with E-state index < -0.39 is 59.5 Å². The van der Waals surface area contributed by atoms with Crippen molar-refractivity contribution in [3.63, 3.8) is 0 Å². The third-order valence-electron chi connectivity index (χ3n) is 7.45. The van der Waals surface area contributed by atoms with Gasteiger partial charge in [-0.1, -0.05) is 11.2 Å². The number of anilines is 1. The first-order chi connectivity index (χ1) is 19.9. The van der Waals surface area contributed by atoms with Crippen LogP contribution in [0, 0.1) is 17.2 Å². The lowest BCUT2D eigenvalue weighted by Crippen LogP contribution is -2.36. The molecule has 0 amide bonds. The lowest BCUT2D eigenvalue weighted by atomic mass is 9.74. The van der Waals surface area contributed by atoms with Gasteiger partial charge in [0, 0.05) is 26.1 Å². The van der Waals surface area contributed by atoms with Gasteiger partial charge in [-0.3, -0.25) is 0 Å².